The van der Waals surface area contributed by atoms with Crippen molar-refractivity contribution in [1.82, 2.24) is 0 Å². The molecule has 0 aliphatic heterocycles. The maximum atomic E-state index is 12.5. The summed E-state index contributed by atoms with van der Waals surface area (Å²) in [6.45, 7) is 3.29. The minimum absolute atomic E-state index is 0.112. The van der Waals surface area contributed by atoms with E-state index in [1.54, 1.807) is 13.8 Å². The van der Waals surface area contributed by atoms with E-state index in [0.29, 0.717) is 12.0 Å². The zero-order valence-corrected chi connectivity index (χ0v) is 13.3. The highest BCUT2D eigenvalue weighted by molar-refractivity contribution is 7.93. The maximum Gasteiger partial charge on any atom is 0.516 e. The second-order valence-electron chi connectivity index (χ2n) is 4.47. The molecule has 0 atom stereocenters. The van der Waals surface area contributed by atoms with Gasteiger partial charge >= 0.3 is 15.5 Å². The van der Waals surface area contributed by atoms with E-state index in [1.165, 1.54) is 22.9 Å². The molecular formula is C14H15F3N2O3S. The number of alkyl halides is 3. The number of hydrogen-bond acceptors (Lipinski definition) is 4. The van der Waals surface area contributed by atoms with Crippen molar-refractivity contribution in [1.29, 1.82) is 0 Å². The third-order valence-electron chi connectivity index (χ3n) is 2.69. The third-order valence-corrected chi connectivity index (χ3v) is 3.79. The van der Waals surface area contributed by atoms with Gasteiger partial charge in [-0.2, -0.15) is 21.6 Å². The van der Waals surface area contributed by atoms with Crippen molar-refractivity contribution in [3.05, 3.63) is 29.3 Å². The number of rotatable bonds is 6. The number of anilines is 1. The zero-order valence-electron chi connectivity index (χ0n) is 12.4. The quantitative estimate of drug-likeness (QED) is 0.372. The van der Waals surface area contributed by atoms with Gasteiger partial charge in [0, 0.05) is 5.56 Å². The lowest BCUT2D eigenvalue weighted by atomic mass is 10.0. The molecule has 0 aliphatic carbocycles. The molecule has 1 aromatic carbocycles. The lowest BCUT2D eigenvalue weighted by Gasteiger charge is -2.15. The number of terminal acetylenes is 1. The van der Waals surface area contributed by atoms with Crippen LogP contribution in [0.2, 0.25) is 0 Å². The molecule has 9 heteroatoms. The molecule has 0 saturated carbocycles. The molecular weight excluding hydrogens is 333 g/mol. The molecule has 5 nitrogen and oxygen atoms in total. The SMILES string of the molecule is C#CCO/N=C(\CC)c1cc(C)ccc1NS(=O)(=O)C(F)(F)F. The fourth-order valence-corrected chi connectivity index (χ4v) is 2.22. The smallest absolute Gasteiger partial charge is 0.382 e. The van der Waals surface area contributed by atoms with Crippen LogP contribution in [0.25, 0.3) is 0 Å². The van der Waals surface area contributed by atoms with Gasteiger partial charge in [-0.1, -0.05) is 29.6 Å². The molecule has 0 aliphatic rings. The van der Waals surface area contributed by atoms with Gasteiger partial charge in [0.1, 0.15) is 0 Å². The number of oxime groups is 1. The van der Waals surface area contributed by atoms with Gasteiger partial charge < -0.3 is 4.84 Å². The molecule has 0 heterocycles. The van der Waals surface area contributed by atoms with Gasteiger partial charge in [-0.05, 0) is 25.5 Å². The monoisotopic (exact) mass is 348 g/mol. The van der Waals surface area contributed by atoms with E-state index in [4.69, 9.17) is 11.3 Å². The number of benzene rings is 1. The highest BCUT2D eigenvalue weighted by Crippen LogP contribution is 2.28. The van der Waals surface area contributed by atoms with Crippen LogP contribution in [-0.2, 0) is 14.9 Å². The molecule has 0 bridgehead atoms. The molecule has 1 aromatic rings. The van der Waals surface area contributed by atoms with Gasteiger partial charge in [-0.25, -0.2) is 0 Å². The Morgan fingerprint density at radius 1 is 1.43 bits per heavy atom. The summed E-state index contributed by atoms with van der Waals surface area (Å²) in [7, 11) is -5.53. The molecule has 0 unspecified atom stereocenters. The first kappa shape index (κ1) is 18.8. The van der Waals surface area contributed by atoms with Crippen molar-refractivity contribution >= 4 is 21.4 Å². The predicted molar refractivity (Wildman–Crippen MR) is 81.4 cm³/mol. The van der Waals surface area contributed by atoms with Gasteiger partial charge in [0.2, 0.25) is 0 Å². The second kappa shape index (κ2) is 7.37. The van der Waals surface area contributed by atoms with Crippen LogP contribution in [0, 0.1) is 19.3 Å². The van der Waals surface area contributed by atoms with Crippen LogP contribution in [-0.4, -0.2) is 26.2 Å². The number of nitrogens with zero attached hydrogens (tertiary/aromatic N) is 1. The van der Waals surface area contributed by atoms with Crippen LogP contribution in [0.3, 0.4) is 0 Å². The van der Waals surface area contributed by atoms with Crippen LogP contribution in [0.5, 0.6) is 0 Å². The van der Waals surface area contributed by atoms with Crippen LogP contribution in [0.15, 0.2) is 23.4 Å². The molecule has 0 saturated heterocycles. The number of halogens is 3. The summed E-state index contributed by atoms with van der Waals surface area (Å²) >= 11 is 0. The highest BCUT2D eigenvalue weighted by atomic mass is 32.2. The standard InChI is InChI=1S/C14H15F3N2O3S/c1-4-8-22-18-12(5-2)11-9-10(3)6-7-13(11)19-23(20,21)14(15,16)17/h1,6-7,9,19H,5,8H2,2-3H3/b18-12+. The molecule has 0 spiro atoms. The average Bonchev–Trinajstić information content (AvgIpc) is 2.44. The van der Waals surface area contributed by atoms with E-state index >= 15 is 0 Å². The molecule has 0 amide bonds. The second-order valence-corrected chi connectivity index (χ2v) is 6.14. The van der Waals surface area contributed by atoms with Crippen LogP contribution in [0.4, 0.5) is 18.9 Å². The summed E-state index contributed by atoms with van der Waals surface area (Å²) in [4.78, 5) is 4.83. The topological polar surface area (TPSA) is 67.8 Å². The molecule has 1 N–H and O–H groups in total. The Balaban J connectivity index is 3.31. The first-order valence-corrected chi connectivity index (χ1v) is 7.93. The minimum Gasteiger partial charge on any atom is -0.382 e. The van der Waals surface area contributed by atoms with E-state index in [1.807, 2.05) is 0 Å². The normalized spacial score (nSPS) is 12.6. The largest absolute Gasteiger partial charge is 0.516 e. The fraction of sp³-hybridized carbons (Fsp3) is 0.357. The van der Waals surface area contributed by atoms with E-state index in [9.17, 15) is 21.6 Å². The summed E-state index contributed by atoms with van der Waals surface area (Å²) in [6.07, 6.45) is 5.32. The zero-order chi connectivity index (χ0) is 17.7. The van der Waals surface area contributed by atoms with Crippen molar-refractivity contribution in [3.8, 4) is 12.3 Å². The Hall–Kier alpha value is -2.21. The van der Waals surface area contributed by atoms with Crippen molar-refractivity contribution in [2.24, 2.45) is 5.16 Å². The van der Waals surface area contributed by atoms with Crippen molar-refractivity contribution in [3.63, 3.8) is 0 Å². The number of aryl methyl sites for hydroxylation is 1. The lowest BCUT2D eigenvalue weighted by molar-refractivity contribution is -0.0429. The van der Waals surface area contributed by atoms with Crippen LogP contribution >= 0.6 is 0 Å². The summed E-state index contributed by atoms with van der Waals surface area (Å²) in [5.74, 6) is 2.19. The Morgan fingerprint density at radius 2 is 2.09 bits per heavy atom. The van der Waals surface area contributed by atoms with E-state index in [-0.39, 0.29) is 23.6 Å². The molecule has 0 aromatic heterocycles. The first-order valence-electron chi connectivity index (χ1n) is 6.44. The summed E-state index contributed by atoms with van der Waals surface area (Å²) in [5, 5.41) is 3.75. The first-order chi connectivity index (χ1) is 10.6. The van der Waals surface area contributed by atoms with E-state index in [0.717, 1.165) is 0 Å². The Morgan fingerprint density at radius 3 is 2.61 bits per heavy atom. The fourth-order valence-electron chi connectivity index (χ4n) is 1.64. The number of sulfonamides is 1. The van der Waals surface area contributed by atoms with Crippen molar-refractivity contribution < 1.29 is 26.4 Å². The van der Waals surface area contributed by atoms with E-state index in [2.05, 4.69) is 11.1 Å². The molecule has 126 valence electrons. The lowest BCUT2D eigenvalue weighted by Crippen LogP contribution is -2.30. The van der Waals surface area contributed by atoms with Gasteiger partial charge in [0.25, 0.3) is 0 Å². The number of nitrogens with one attached hydrogen (secondary N) is 1. The maximum absolute atomic E-state index is 12.5. The molecule has 23 heavy (non-hydrogen) atoms. The van der Waals surface area contributed by atoms with Gasteiger partial charge in [-0.15, -0.1) is 6.42 Å². The predicted octanol–water partition coefficient (Wildman–Crippen LogP) is 3.02. The molecule has 1 rings (SSSR count). The Bertz CT molecular complexity index is 735. The average molecular weight is 348 g/mol. The minimum atomic E-state index is -5.53. The number of hydrogen-bond donors (Lipinski definition) is 1. The van der Waals surface area contributed by atoms with Crippen molar-refractivity contribution in [2.45, 2.75) is 25.8 Å². The van der Waals surface area contributed by atoms with E-state index < -0.39 is 15.5 Å². The van der Waals surface area contributed by atoms with Crippen LogP contribution < -0.4 is 4.72 Å². The summed E-state index contributed by atoms with van der Waals surface area (Å²) in [6, 6.07) is 4.23. The van der Waals surface area contributed by atoms with Crippen molar-refractivity contribution in [2.75, 3.05) is 11.3 Å². The molecule has 0 fully saturated rings. The Kier molecular flexibility index (Phi) is 6.04. The Labute approximate surface area is 132 Å². The molecule has 0 radical (unpaired) electrons. The summed E-state index contributed by atoms with van der Waals surface area (Å²) in [5.41, 5.74) is -4.48. The summed E-state index contributed by atoms with van der Waals surface area (Å²) < 4.78 is 61.7. The van der Waals surface area contributed by atoms with Gasteiger partial charge in [0.05, 0.1) is 11.4 Å². The van der Waals surface area contributed by atoms with Crippen LogP contribution in [0.1, 0.15) is 24.5 Å². The van der Waals surface area contributed by atoms with Gasteiger partial charge in [0.15, 0.2) is 6.61 Å². The van der Waals surface area contributed by atoms with Gasteiger partial charge in [-0.3, -0.25) is 4.72 Å². The third kappa shape index (κ3) is 4.89. The highest BCUT2D eigenvalue weighted by Gasteiger charge is 2.46.